The van der Waals surface area contributed by atoms with E-state index in [0.717, 1.165) is 23.9 Å². The lowest BCUT2D eigenvalue weighted by molar-refractivity contribution is 0.0252. The van der Waals surface area contributed by atoms with Gasteiger partial charge in [-0.3, -0.25) is 4.79 Å². The number of nitrogens with two attached hydrogens (primary N) is 1. The molecule has 1 aromatic rings. The second-order valence-electron chi connectivity index (χ2n) is 5.91. The van der Waals surface area contributed by atoms with Gasteiger partial charge in [0.25, 0.3) is 5.91 Å². The van der Waals surface area contributed by atoms with Crippen LogP contribution in [0.4, 0.5) is 5.69 Å². The zero-order chi connectivity index (χ0) is 14.9. The van der Waals surface area contributed by atoms with Crippen LogP contribution in [0.1, 0.15) is 29.6 Å². The first-order chi connectivity index (χ1) is 9.34. The molecule has 0 radical (unpaired) electrons. The molecule has 1 amide bonds. The number of nitrogen functional groups attached to an aromatic ring is 1. The number of hydrogen-bond donors (Lipinski definition) is 1. The molecular formula is C15H22BrN3O. The van der Waals surface area contributed by atoms with Gasteiger partial charge in [-0.15, -0.1) is 0 Å². The number of likely N-dealkylation sites (N-methyl/N-ethyl adjacent to an activating group) is 2. The molecule has 0 bridgehead atoms. The van der Waals surface area contributed by atoms with Gasteiger partial charge in [-0.05, 0) is 51.6 Å². The predicted molar refractivity (Wildman–Crippen MR) is 85.8 cm³/mol. The van der Waals surface area contributed by atoms with Crippen LogP contribution in [-0.2, 0) is 0 Å². The van der Waals surface area contributed by atoms with Crippen molar-refractivity contribution < 1.29 is 4.79 Å². The molecule has 2 N–H and O–H groups in total. The molecule has 5 heteroatoms. The van der Waals surface area contributed by atoms with Crippen molar-refractivity contribution in [2.45, 2.75) is 24.8 Å². The Morgan fingerprint density at radius 1 is 1.30 bits per heavy atom. The highest BCUT2D eigenvalue weighted by molar-refractivity contribution is 9.10. The molecule has 0 spiro atoms. The molecule has 1 aromatic carbocycles. The molecule has 1 aliphatic carbocycles. The topological polar surface area (TPSA) is 49.6 Å². The molecule has 1 saturated carbocycles. The molecule has 0 atom stereocenters. The Hall–Kier alpha value is -1.07. The summed E-state index contributed by atoms with van der Waals surface area (Å²) in [4.78, 5) is 16.6. The number of nitrogens with zero attached hydrogens (tertiary/aromatic N) is 2. The molecule has 110 valence electrons. The lowest BCUT2D eigenvalue weighted by Crippen LogP contribution is -2.57. The van der Waals surface area contributed by atoms with Crippen LogP contribution in [0.3, 0.4) is 0 Å². The lowest BCUT2D eigenvalue weighted by atomic mass is 9.75. The Labute approximate surface area is 129 Å². The van der Waals surface area contributed by atoms with Crippen molar-refractivity contribution in [1.82, 2.24) is 9.80 Å². The van der Waals surface area contributed by atoms with Gasteiger partial charge < -0.3 is 15.5 Å². The zero-order valence-corrected chi connectivity index (χ0v) is 13.9. The highest BCUT2D eigenvalue weighted by Gasteiger charge is 2.40. The van der Waals surface area contributed by atoms with Crippen LogP contribution in [-0.4, -0.2) is 48.9 Å². The summed E-state index contributed by atoms with van der Waals surface area (Å²) in [6.45, 7) is 0.755. The van der Waals surface area contributed by atoms with Crippen LogP contribution < -0.4 is 5.73 Å². The molecule has 0 saturated heterocycles. The van der Waals surface area contributed by atoms with Crippen LogP contribution in [0, 0.1) is 0 Å². The fourth-order valence-electron chi connectivity index (χ4n) is 2.80. The van der Waals surface area contributed by atoms with E-state index in [1.54, 1.807) is 17.0 Å². The minimum Gasteiger partial charge on any atom is -0.399 e. The largest absolute Gasteiger partial charge is 0.399 e. The maximum absolute atomic E-state index is 12.5. The van der Waals surface area contributed by atoms with Crippen molar-refractivity contribution in [2.75, 3.05) is 33.4 Å². The van der Waals surface area contributed by atoms with Crippen LogP contribution in [0.5, 0.6) is 0 Å². The van der Waals surface area contributed by atoms with E-state index in [1.165, 1.54) is 6.42 Å². The number of rotatable bonds is 4. The number of benzene rings is 1. The Morgan fingerprint density at radius 3 is 2.40 bits per heavy atom. The zero-order valence-electron chi connectivity index (χ0n) is 12.3. The van der Waals surface area contributed by atoms with E-state index in [-0.39, 0.29) is 11.4 Å². The molecule has 1 aliphatic rings. The quantitative estimate of drug-likeness (QED) is 0.857. The molecule has 4 nitrogen and oxygen atoms in total. The van der Waals surface area contributed by atoms with Crippen LogP contribution >= 0.6 is 15.9 Å². The average Bonchev–Trinajstić information content (AvgIpc) is 2.30. The number of hydrogen-bond acceptors (Lipinski definition) is 3. The van der Waals surface area contributed by atoms with Crippen LogP contribution in [0.25, 0.3) is 0 Å². The van der Waals surface area contributed by atoms with Gasteiger partial charge in [0, 0.05) is 34.9 Å². The van der Waals surface area contributed by atoms with Gasteiger partial charge in [0.1, 0.15) is 0 Å². The summed E-state index contributed by atoms with van der Waals surface area (Å²) in [5.41, 5.74) is 7.17. The van der Waals surface area contributed by atoms with E-state index in [0.29, 0.717) is 11.3 Å². The third-order valence-electron chi connectivity index (χ3n) is 4.28. The standard InChI is InChI=1S/C15H22BrN3O/c1-18(2)15(5-4-6-15)10-19(3)14(20)11-7-12(16)9-13(17)8-11/h7-9H,4-6,10,17H2,1-3H3. The smallest absolute Gasteiger partial charge is 0.253 e. The van der Waals surface area contributed by atoms with Crippen LogP contribution in [0.2, 0.25) is 0 Å². The molecule has 0 unspecified atom stereocenters. The molecule has 0 aromatic heterocycles. The van der Waals surface area contributed by atoms with Crippen molar-refractivity contribution in [1.29, 1.82) is 0 Å². The highest BCUT2D eigenvalue weighted by Crippen LogP contribution is 2.36. The van der Waals surface area contributed by atoms with Crippen molar-refractivity contribution in [3.05, 3.63) is 28.2 Å². The monoisotopic (exact) mass is 339 g/mol. The third-order valence-corrected chi connectivity index (χ3v) is 4.74. The van der Waals surface area contributed by atoms with Crippen molar-refractivity contribution in [2.24, 2.45) is 0 Å². The SMILES string of the molecule is CN(CC1(N(C)C)CCC1)C(=O)c1cc(N)cc(Br)c1. The maximum Gasteiger partial charge on any atom is 0.253 e. The molecular weight excluding hydrogens is 318 g/mol. The summed E-state index contributed by atoms with van der Waals surface area (Å²) < 4.78 is 0.834. The highest BCUT2D eigenvalue weighted by atomic mass is 79.9. The molecule has 20 heavy (non-hydrogen) atoms. The minimum absolute atomic E-state index is 0.0196. The summed E-state index contributed by atoms with van der Waals surface area (Å²) >= 11 is 3.38. The summed E-state index contributed by atoms with van der Waals surface area (Å²) in [5, 5.41) is 0. The second kappa shape index (κ2) is 5.74. The van der Waals surface area contributed by atoms with Gasteiger partial charge in [-0.2, -0.15) is 0 Å². The second-order valence-corrected chi connectivity index (χ2v) is 6.82. The number of anilines is 1. The number of carbonyl (C=O) groups excluding carboxylic acids is 1. The van der Waals surface area contributed by atoms with Crippen molar-refractivity contribution in [3.63, 3.8) is 0 Å². The Bertz CT molecular complexity index is 492. The fourth-order valence-corrected chi connectivity index (χ4v) is 3.31. The number of carbonyl (C=O) groups is 1. The Balaban J connectivity index is 2.12. The maximum atomic E-state index is 12.5. The normalized spacial score (nSPS) is 16.9. The number of amides is 1. The van der Waals surface area contributed by atoms with E-state index in [1.807, 2.05) is 13.1 Å². The van der Waals surface area contributed by atoms with Crippen LogP contribution in [0.15, 0.2) is 22.7 Å². The van der Waals surface area contributed by atoms with E-state index in [9.17, 15) is 4.79 Å². The summed E-state index contributed by atoms with van der Waals surface area (Å²) in [5.74, 6) is 0.0196. The van der Waals surface area contributed by atoms with Gasteiger partial charge in [-0.1, -0.05) is 15.9 Å². The summed E-state index contributed by atoms with van der Waals surface area (Å²) in [6, 6.07) is 5.34. The van der Waals surface area contributed by atoms with Gasteiger partial charge in [-0.25, -0.2) is 0 Å². The van der Waals surface area contributed by atoms with Crippen molar-refractivity contribution >= 4 is 27.5 Å². The first kappa shape index (κ1) is 15.3. The fraction of sp³-hybridized carbons (Fsp3) is 0.533. The lowest BCUT2D eigenvalue weighted by Gasteiger charge is -2.49. The van der Waals surface area contributed by atoms with Crippen molar-refractivity contribution in [3.8, 4) is 0 Å². The first-order valence-electron chi connectivity index (χ1n) is 6.83. The molecule has 2 rings (SSSR count). The van der Waals surface area contributed by atoms with E-state index in [2.05, 4.69) is 34.9 Å². The molecule has 0 aliphatic heterocycles. The molecule has 1 fully saturated rings. The Morgan fingerprint density at radius 2 is 1.95 bits per heavy atom. The van der Waals surface area contributed by atoms with Gasteiger partial charge in [0.2, 0.25) is 0 Å². The predicted octanol–water partition coefficient (Wildman–Crippen LogP) is 2.59. The number of halogens is 1. The first-order valence-corrected chi connectivity index (χ1v) is 7.62. The average molecular weight is 340 g/mol. The van der Waals surface area contributed by atoms with E-state index >= 15 is 0 Å². The molecule has 0 heterocycles. The van der Waals surface area contributed by atoms with Gasteiger partial charge in [0.15, 0.2) is 0 Å². The summed E-state index contributed by atoms with van der Waals surface area (Å²) in [7, 11) is 6.05. The van der Waals surface area contributed by atoms with E-state index in [4.69, 9.17) is 5.73 Å². The van der Waals surface area contributed by atoms with Gasteiger partial charge in [0.05, 0.1) is 0 Å². The summed E-state index contributed by atoms with van der Waals surface area (Å²) in [6.07, 6.45) is 3.54. The minimum atomic E-state index is 0.0196. The van der Waals surface area contributed by atoms with E-state index < -0.39 is 0 Å². The Kier molecular flexibility index (Phi) is 4.39. The third kappa shape index (κ3) is 2.99. The van der Waals surface area contributed by atoms with Gasteiger partial charge >= 0.3 is 0 Å².